The van der Waals surface area contributed by atoms with Gasteiger partial charge in [0.25, 0.3) is 5.91 Å². The van der Waals surface area contributed by atoms with Crippen molar-refractivity contribution in [3.63, 3.8) is 0 Å². The van der Waals surface area contributed by atoms with Crippen LogP contribution < -0.4 is 0 Å². The first kappa shape index (κ1) is 21.0. The topological polar surface area (TPSA) is 78.3 Å². The van der Waals surface area contributed by atoms with Crippen molar-refractivity contribution in [2.75, 3.05) is 20.3 Å². The fourth-order valence-electron chi connectivity index (χ4n) is 4.79. The van der Waals surface area contributed by atoms with Crippen LogP contribution in [0.2, 0.25) is 0 Å². The first-order chi connectivity index (χ1) is 15.6. The van der Waals surface area contributed by atoms with Crippen LogP contribution in [0.25, 0.3) is 11.4 Å². The third-order valence-electron chi connectivity index (χ3n) is 6.76. The summed E-state index contributed by atoms with van der Waals surface area (Å²) in [5.41, 5.74) is 6.85. The van der Waals surface area contributed by atoms with Gasteiger partial charge in [0.2, 0.25) is 0 Å². The number of rotatable bonds is 8. The van der Waals surface area contributed by atoms with Crippen molar-refractivity contribution >= 4 is 5.91 Å². The molecule has 0 bridgehead atoms. The van der Waals surface area contributed by atoms with Crippen LogP contribution in [0.15, 0.2) is 23.1 Å². The van der Waals surface area contributed by atoms with Gasteiger partial charge in [-0.05, 0) is 45.1 Å². The van der Waals surface area contributed by atoms with Gasteiger partial charge in [0.15, 0.2) is 6.39 Å². The second kappa shape index (κ2) is 8.58. The van der Waals surface area contributed by atoms with Gasteiger partial charge in [-0.3, -0.25) is 9.48 Å². The van der Waals surface area contributed by atoms with Crippen molar-refractivity contribution < 1.29 is 13.9 Å². The highest BCUT2D eigenvalue weighted by Crippen LogP contribution is 2.35. The summed E-state index contributed by atoms with van der Waals surface area (Å²) in [7, 11) is 1.72. The van der Waals surface area contributed by atoms with E-state index in [4.69, 9.17) is 14.3 Å². The lowest BCUT2D eigenvalue weighted by Crippen LogP contribution is -2.36. The Balaban J connectivity index is 1.41. The van der Waals surface area contributed by atoms with Crippen LogP contribution in [-0.2, 0) is 30.8 Å². The minimum Gasteiger partial charge on any atom is -0.451 e. The number of hydrogen-bond donors (Lipinski definition) is 0. The van der Waals surface area contributed by atoms with E-state index in [2.05, 4.69) is 21.2 Å². The molecule has 0 saturated heterocycles. The highest BCUT2D eigenvalue weighted by molar-refractivity contribution is 5.96. The SMILES string of the molecule is COCCCn1c(C)cc(C(=O)N2CCc3c(c(-c4cocn4)nn3CC3CC3)C2)c1C. The molecule has 1 fully saturated rings. The van der Waals surface area contributed by atoms with E-state index in [9.17, 15) is 4.79 Å². The van der Waals surface area contributed by atoms with E-state index in [0.29, 0.717) is 19.7 Å². The van der Waals surface area contributed by atoms with Crippen molar-refractivity contribution in [2.24, 2.45) is 5.92 Å². The molecule has 8 heteroatoms. The molecular formula is C24H31N5O3. The number of aromatic nitrogens is 4. The summed E-state index contributed by atoms with van der Waals surface area (Å²) in [5, 5.41) is 4.90. The molecule has 1 saturated carbocycles. The Labute approximate surface area is 188 Å². The number of nitrogens with zero attached hydrogens (tertiary/aromatic N) is 5. The van der Waals surface area contributed by atoms with Gasteiger partial charge in [-0.25, -0.2) is 4.98 Å². The van der Waals surface area contributed by atoms with Crippen LogP contribution in [0.1, 0.15) is 52.3 Å². The highest BCUT2D eigenvalue weighted by Gasteiger charge is 2.32. The van der Waals surface area contributed by atoms with Crippen molar-refractivity contribution in [3.05, 3.63) is 46.9 Å². The zero-order valence-corrected chi connectivity index (χ0v) is 19.1. The summed E-state index contributed by atoms with van der Waals surface area (Å²) in [6.07, 6.45) is 7.36. The zero-order valence-electron chi connectivity index (χ0n) is 19.1. The number of aryl methyl sites for hydroxylation is 1. The van der Waals surface area contributed by atoms with Gasteiger partial charge < -0.3 is 18.6 Å². The second-order valence-electron chi connectivity index (χ2n) is 9.03. The molecule has 0 atom stereocenters. The molecule has 3 aromatic rings. The Morgan fingerprint density at radius 3 is 2.88 bits per heavy atom. The Kier molecular flexibility index (Phi) is 5.63. The number of hydrogen-bond acceptors (Lipinski definition) is 5. The molecule has 1 amide bonds. The monoisotopic (exact) mass is 437 g/mol. The van der Waals surface area contributed by atoms with Crippen molar-refractivity contribution in [3.8, 4) is 11.4 Å². The van der Waals surface area contributed by atoms with E-state index >= 15 is 0 Å². The fraction of sp³-hybridized carbons (Fsp3) is 0.542. The Bertz CT molecular complexity index is 1110. The number of ether oxygens (including phenoxy) is 1. The maximum Gasteiger partial charge on any atom is 0.255 e. The molecule has 170 valence electrons. The average Bonchev–Trinajstić information content (AvgIpc) is 3.18. The lowest BCUT2D eigenvalue weighted by molar-refractivity contribution is 0.0732. The van der Waals surface area contributed by atoms with Crippen LogP contribution in [-0.4, -0.2) is 50.4 Å². The number of fused-ring (bicyclic) bond motifs is 1. The predicted molar refractivity (Wildman–Crippen MR) is 119 cm³/mol. The van der Waals surface area contributed by atoms with Gasteiger partial charge in [-0.2, -0.15) is 5.10 Å². The molecule has 0 N–H and O–H groups in total. The van der Waals surface area contributed by atoms with Gasteiger partial charge in [-0.1, -0.05) is 0 Å². The summed E-state index contributed by atoms with van der Waals surface area (Å²) in [5.74, 6) is 0.815. The molecule has 8 nitrogen and oxygen atoms in total. The van der Waals surface area contributed by atoms with Crippen molar-refractivity contribution in [2.45, 2.75) is 59.2 Å². The number of methoxy groups -OCH3 is 1. The third-order valence-corrected chi connectivity index (χ3v) is 6.76. The third kappa shape index (κ3) is 3.88. The number of carbonyl (C=O) groups excluding carboxylic acids is 1. The number of amides is 1. The predicted octanol–water partition coefficient (Wildman–Crippen LogP) is 3.60. The molecule has 0 aromatic carbocycles. The molecule has 32 heavy (non-hydrogen) atoms. The van der Waals surface area contributed by atoms with Crippen molar-refractivity contribution in [1.29, 1.82) is 0 Å². The summed E-state index contributed by atoms with van der Waals surface area (Å²) < 4.78 is 14.8. The fourth-order valence-corrected chi connectivity index (χ4v) is 4.79. The van der Waals surface area contributed by atoms with E-state index in [1.807, 2.05) is 17.9 Å². The van der Waals surface area contributed by atoms with E-state index < -0.39 is 0 Å². The van der Waals surface area contributed by atoms with E-state index in [-0.39, 0.29) is 5.91 Å². The molecule has 0 unspecified atom stereocenters. The number of carbonyl (C=O) groups is 1. The van der Waals surface area contributed by atoms with E-state index in [0.717, 1.165) is 65.8 Å². The molecule has 4 heterocycles. The maximum atomic E-state index is 13.5. The molecule has 1 aliphatic carbocycles. The molecule has 0 spiro atoms. The summed E-state index contributed by atoms with van der Waals surface area (Å²) >= 11 is 0. The average molecular weight is 438 g/mol. The minimum atomic E-state index is 0.0859. The first-order valence-electron chi connectivity index (χ1n) is 11.5. The lowest BCUT2D eigenvalue weighted by Gasteiger charge is -2.28. The minimum absolute atomic E-state index is 0.0859. The van der Waals surface area contributed by atoms with Crippen LogP contribution in [0, 0.1) is 19.8 Å². The van der Waals surface area contributed by atoms with Crippen LogP contribution in [0.3, 0.4) is 0 Å². The first-order valence-corrected chi connectivity index (χ1v) is 11.5. The summed E-state index contributed by atoms with van der Waals surface area (Å²) in [6, 6.07) is 2.02. The van der Waals surface area contributed by atoms with E-state index in [1.54, 1.807) is 13.4 Å². The van der Waals surface area contributed by atoms with Crippen LogP contribution in [0.5, 0.6) is 0 Å². The van der Waals surface area contributed by atoms with Gasteiger partial charge >= 0.3 is 0 Å². The highest BCUT2D eigenvalue weighted by atomic mass is 16.5. The zero-order chi connectivity index (χ0) is 22.2. The molecule has 1 aliphatic heterocycles. The largest absolute Gasteiger partial charge is 0.451 e. The van der Waals surface area contributed by atoms with Gasteiger partial charge in [-0.15, -0.1) is 0 Å². The van der Waals surface area contributed by atoms with E-state index in [1.165, 1.54) is 24.9 Å². The van der Waals surface area contributed by atoms with Gasteiger partial charge in [0.05, 0.1) is 12.1 Å². The Hall–Kier alpha value is -2.87. The van der Waals surface area contributed by atoms with Gasteiger partial charge in [0.1, 0.15) is 17.7 Å². The standard InChI is InChI=1S/C24H31N5O3/c1-16-11-19(17(2)28(16)8-4-10-31-3)24(30)27-9-7-22-20(13-27)23(21-14-32-15-25-21)26-29(22)12-18-5-6-18/h11,14-15,18H,4-10,12-13H2,1-3H3. The molecule has 3 aromatic heterocycles. The molecule has 5 rings (SSSR count). The van der Waals surface area contributed by atoms with Crippen LogP contribution >= 0.6 is 0 Å². The second-order valence-corrected chi connectivity index (χ2v) is 9.03. The lowest BCUT2D eigenvalue weighted by atomic mass is 10.0. The quantitative estimate of drug-likeness (QED) is 0.503. The number of oxazole rings is 1. The Morgan fingerprint density at radius 1 is 1.31 bits per heavy atom. The molecule has 2 aliphatic rings. The molecular weight excluding hydrogens is 406 g/mol. The summed E-state index contributed by atoms with van der Waals surface area (Å²) in [4.78, 5) is 19.8. The maximum absolute atomic E-state index is 13.5. The normalized spacial score (nSPS) is 15.9. The summed E-state index contributed by atoms with van der Waals surface area (Å²) in [6.45, 7) is 7.88. The van der Waals surface area contributed by atoms with Crippen LogP contribution in [0.4, 0.5) is 0 Å². The Morgan fingerprint density at radius 2 is 2.16 bits per heavy atom. The smallest absolute Gasteiger partial charge is 0.255 e. The van der Waals surface area contributed by atoms with Crippen molar-refractivity contribution in [1.82, 2.24) is 24.2 Å². The van der Waals surface area contributed by atoms with Gasteiger partial charge in [0, 0.05) is 62.4 Å². The molecule has 0 radical (unpaired) electrons.